The molecule has 0 aromatic rings. The maximum Gasteiger partial charge on any atom is 0.342 e. The smallest absolute Gasteiger partial charge is 0.301 e. The van der Waals surface area contributed by atoms with E-state index >= 15 is 0 Å². The van der Waals surface area contributed by atoms with E-state index in [4.69, 9.17) is 15.8 Å². The first-order valence-electron chi connectivity index (χ1n) is 7.95. The van der Waals surface area contributed by atoms with Crippen molar-refractivity contribution in [1.82, 2.24) is 0 Å². The summed E-state index contributed by atoms with van der Waals surface area (Å²) in [4.78, 5) is 40.5. The Morgan fingerprint density at radius 3 is 1.25 bits per heavy atom. The molecule has 0 atom stereocenters. The molecule has 0 aliphatic heterocycles. The summed E-state index contributed by atoms with van der Waals surface area (Å²) in [5, 5.41) is 23.1. The number of hydrogen-bond donors (Lipinski definition) is 3. The normalized spacial score (nSPS) is 8.75. The van der Waals surface area contributed by atoms with Gasteiger partial charge >= 0.3 is 17.9 Å². The van der Waals surface area contributed by atoms with Crippen LogP contribution < -0.4 is 0 Å². The lowest BCUT2D eigenvalue weighted by atomic mass is 10.2. The molecule has 0 saturated heterocycles. The first-order chi connectivity index (χ1) is 11.4. The fraction of sp³-hybridized carbons (Fsp3) is 0.800. The lowest BCUT2D eigenvalue weighted by molar-refractivity contribution is -0.234. The molecule has 9 nitrogen and oxygen atoms in total. The van der Waals surface area contributed by atoms with E-state index in [0.717, 1.165) is 32.1 Å². The summed E-state index contributed by atoms with van der Waals surface area (Å²) in [6.07, 6.45) is 6.23. The van der Waals surface area contributed by atoms with Crippen molar-refractivity contribution in [3.63, 3.8) is 0 Å². The molecule has 144 valence electrons. The number of rotatable bonds is 9. The second-order valence-corrected chi connectivity index (χ2v) is 4.70. The van der Waals surface area contributed by atoms with Gasteiger partial charge in [-0.25, -0.2) is 14.4 Å². The van der Waals surface area contributed by atoms with E-state index in [9.17, 15) is 14.4 Å². The van der Waals surface area contributed by atoms with Crippen molar-refractivity contribution in [3.05, 3.63) is 0 Å². The molecular formula is C15H30O9. The minimum Gasteiger partial charge on any atom is -0.301 e. The molecule has 0 aromatic carbocycles. The standard InChI is InChI=1S/C6H12O3.C5H10O3.C4H8O3/c1-2-3-4-5-6(7)9-8;1-2-3-4-5(6)8-7;1-2-3-4(5)7-6/h8H,2-5H2,1H3;7H,2-4H2,1H3;6H,2-3H2,1H3. The van der Waals surface area contributed by atoms with E-state index in [0.29, 0.717) is 19.3 Å². The van der Waals surface area contributed by atoms with Gasteiger partial charge in [-0.2, -0.15) is 15.8 Å². The van der Waals surface area contributed by atoms with Crippen LogP contribution in [-0.2, 0) is 29.0 Å². The van der Waals surface area contributed by atoms with E-state index in [1.807, 2.05) is 20.8 Å². The van der Waals surface area contributed by atoms with Crippen molar-refractivity contribution in [3.8, 4) is 0 Å². The van der Waals surface area contributed by atoms with Gasteiger partial charge in [-0.1, -0.05) is 40.0 Å². The van der Waals surface area contributed by atoms with Gasteiger partial charge in [0.25, 0.3) is 0 Å². The van der Waals surface area contributed by atoms with Gasteiger partial charge in [0.1, 0.15) is 0 Å². The summed E-state index contributed by atoms with van der Waals surface area (Å²) in [5.41, 5.74) is 0. The highest BCUT2D eigenvalue weighted by molar-refractivity contribution is 5.68. The quantitative estimate of drug-likeness (QED) is 0.245. The van der Waals surface area contributed by atoms with Crippen LogP contribution in [0.1, 0.15) is 78.6 Å². The van der Waals surface area contributed by atoms with Gasteiger partial charge in [-0.05, 0) is 19.3 Å². The maximum absolute atomic E-state index is 10.2. The monoisotopic (exact) mass is 354 g/mol. The molecule has 0 unspecified atom stereocenters. The Bertz CT molecular complexity index is 305. The van der Waals surface area contributed by atoms with Gasteiger partial charge in [0.2, 0.25) is 0 Å². The molecule has 9 heteroatoms. The van der Waals surface area contributed by atoms with E-state index in [1.54, 1.807) is 0 Å². The van der Waals surface area contributed by atoms with Crippen LogP contribution in [-0.4, -0.2) is 33.7 Å². The lowest BCUT2D eigenvalue weighted by Crippen LogP contribution is -1.99. The van der Waals surface area contributed by atoms with E-state index < -0.39 is 17.9 Å². The SMILES string of the molecule is CCCC(=O)OO.CCCCC(=O)OO.CCCCCC(=O)OO. The van der Waals surface area contributed by atoms with Gasteiger partial charge in [-0.15, -0.1) is 0 Å². The molecule has 3 N–H and O–H groups in total. The molecule has 0 aliphatic rings. The average Bonchev–Trinajstić information content (AvgIpc) is 2.60. The number of carbonyl (C=O) groups is 3. The topological polar surface area (TPSA) is 140 Å². The Hall–Kier alpha value is -1.71. The van der Waals surface area contributed by atoms with Gasteiger partial charge in [0, 0.05) is 19.3 Å². The highest BCUT2D eigenvalue weighted by Crippen LogP contribution is 1.98. The molecule has 24 heavy (non-hydrogen) atoms. The Balaban J connectivity index is -0.000000278. The van der Waals surface area contributed by atoms with Crippen LogP contribution in [0.5, 0.6) is 0 Å². The van der Waals surface area contributed by atoms with E-state index in [-0.39, 0.29) is 6.42 Å². The molecule has 0 heterocycles. The third kappa shape index (κ3) is 28.5. The zero-order valence-electron chi connectivity index (χ0n) is 14.7. The third-order valence-corrected chi connectivity index (χ3v) is 2.48. The largest absolute Gasteiger partial charge is 0.342 e. The maximum atomic E-state index is 10.2. The fourth-order valence-electron chi connectivity index (χ4n) is 1.18. The summed E-state index contributed by atoms with van der Waals surface area (Å²) in [6.45, 7) is 5.84. The van der Waals surface area contributed by atoms with Crippen molar-refractivity contribution < 1.29 is 44.8 Å². The second-order valence-electron chi connectivity index (χ2n) is 4.70. The van der Waals surface area contributed by atoms with Crippen molar-refractivity contribution in [2.75, 3.05) is 0 Å². The molecule has 0 fully saturated rings. The van der Waals surface area contributed by atoms with Crippen LogP contribution in [0.15, 0.2) is 0 Å². The number of carbonyl (C=O) groups excluding carboxylic acids is 3. The molecule has 0 saturated carbocycles. The van der Waals surface area contributed by atoms with Crippen LogP contribution in [0.2, 0.25) is 0 Å². The molecular weight excluding hydrogens is 324 g/mol. The van der Waals surface area contributed by atoms with Crippen molar-refractivity contribution in [2.24, 2.45) is 0 Å². The summed E-state index contributed by atoms with van der Waals surface area (Å²) >= 11 is 0. The Labute approximate surface area is 142 Å². The van der Waals surface area contributed by atoms with Gasteiger partial charge in [-0.3, -0.25) is 0 Å². The first-order valence-corrected chi connectivity index (χ1v) is 7.95. The Kier molecular flexibility index (Phi) is 26.6. The Morgan fingerprint density at radius 1 is 0.583 bits per heavy atom. The predicted octanol–water partition coefficient (Wildman–Crippen LogP) is 3.58. The van der Waals surface area contributed by atoms with Crippen LogP contribution in [0.3, 0.4) is 0 Å². The van der Waals surface area contributed by atoms with Crippen molar-refractivity contribution >= 4 is 17.9 Å². The lowest BCUT2D eigenvalue weighted by Gasteiger charge is -1.93. The third-order valence-electron chi connectivity index (χ3n) is 2.48. The predicted molar refractivity (Wildman–Crippen MR) is 84.7 cm³/mol. The molecule has 0 aliphatic carbocycles. The summed E-state index contributed by atoms with van der Waals surface area (Å²) in [7, 11) is 0. The van der Waals surface area contributed by atoms with E-state index in [2.05, 4.69) is 14.7 Å². The molecule has 0 rings (SSSR count). The summed E-state index contributed by atoms with van der Waals surface area (Å²) in [6, 6.07) is 0. The number of hydrogen-bond acceptors (Lipinski definition) is 9. The number of unbranched alkanes of at least 4 members (excludes halogenated alkanes) is 3. The molecule has 0 radical (unpaired) electrons. The van der Waals surface area contributed by atoms with Crippen molar-refractivity contribution in [1.29, 1.82) is 0 Å². The van der Waals surface area contributed by atoms with Crippen LogP contribution in [0.25, 0.3) is 0 Å². The molecule has 0 aromatic heterocycles. The van der Waals surface area contributed by atoms with Crippen LogP contribution >= 0.6 is 0 Å². The van der Waals surface area contributed by atoms with Gasteiger partial charge in [0.15, 0.2) is 0 Å². The first kappa shape index (κ1) is 27.2. The van der Waals surface area contributed by atoms with Gasteiger partial charge in [0.05, 0.1) is 0 Å². The highest BCUT2D eigenvalue weighted by atomic mass is 17.1. The summed E-state index contributed by atoms with van der Waals surface area (Å²) < 4.78 is 0. The second kappa shape index (κ2) is 23.6. The highest BCUT2D eigenvalue weighted by Gasteiger charge is 1.99. The summed E-state index contributed by atoms with van der Waals surface area (Å²) in [5.74, 6) is -1.65. The minimum absolute atomic E-state index is 0.288. The van der Waals surface area contributed by atoms with Crippen LogP contribution in [0.4, 0.5) is 0 Å². The zero-order valence-corrected chi connectivity index (χ0v) is 14.7. The van der Waals surface area contributed by atoms with Gasteiger partial charge < -0.3 is 14.7 Å². The minimum atomic E-state index is -0.567. The Morgan fingerprint density at radius 2 is 0.958 bits per heavy atom. The fourth-order valence-corrected chi connectivity index (χ4v) is 1.18. The van der Waals surface area contributed by atoms with Crippen LogP contribution in [0, 0.1) is 0 Å². The average molecular weight is 354 g/mol. The van der Waals surface area contributed by atoms with E-state index in [1.165, 1.54) is 0 Å². The molecule has 0 spiro atoms. The molecule has 0 amide bonds. The van der Waals surface area contributed by atoms with Crippen molar-refractivity contribution in [2.45, 2.75) is 78.6 Å². The molecule has 0 bridgehead atoms. The zero-order chi connectivity index (χ0) is 19.2.